The molecule has 3 N–H and O–H groups in total. The van der Waals surface area contributed by atoms with Crippen LogP contribution in [0, 0.1) is 5.92 Å². The maximum atomic E-state index is 12.6. The van der Waals surface area contributed by atoms with Crippen LogP contribution in [-0.4, -0.2) is 28.4 Å². The fraction of sp³-hybridized carbons (Fsp3) is 0.538. The molecule has 1 saturated heterocycles. The van der Waals surface area contributed by atoms with E-state index in [9.17, 15) is 4.79 Å². The predicted molar refractivity (Wildman–Crippen MR) is 76.0 cm³/mol. The molecule has 0 spiro atoms. The number of aromatic nitrogens is 1. The lowest BCUT2D eigenvalue weighted by atomic mass is 9.92. The smallest absolute Gasteiger partial charge is 0.274 e. The van der Waals surface area contributed by atoms with E-state index >= 15 is 0 Å². The fourth-order valence-electron chi connectivity index (χ4n) is 2.43. The Hall–Kier alpha value is -1.33. The summed E-state index contributed by atoms with van der Waals surface area (Å²) in [5.74, 6) is 6.12. The molecule has 104 valence electrons. The number of anilines is 1. The number of nitrogens with two attached hydrogens (primary N) is 1. The summed E-state index contributed by atoms with van der Waals surface area (Å²) in [5, 5.41) is 0.356. The first-order chi connectivity index (χ1) is 9.04. The van der Waals surface area contributed by atoms with Gasteiger partial charge in [-0.3, -0.25) is 4.79 Å². The Bertz CT molecular complexity index is 480. The minimum atomic E-state index is -0.124. The van der Waals surface area contributed by atoms with Gasteiger partial charge in [0.05, 0.1) is 5.02 Å². The molecule has 1 aliphatic rings. The van der Waals surface area contributed by atoms with E-state index in [-0.39, 0.29) is 17.6 Å². The Morgan fingerprint density at radius 2 is 2.26 bits per heavy atom. The number of hydrogen-bond donors (Lipinski definition) is 2. The van der Waals surface area contributed by atoms with Crippen LogP contribution in [0.1, 0.15) is 37.2 Å². The first kappa shape index (κ1) is 14.1. The van der Waals surface area contributed by atoms with Crippen LogP contribution >= 0.6 is 11.6 Å². The third-order valence-electron chi connectivity index (χ3n) is 3.83. The molecule has 1 fully saturated rings. The number of nitrogens with zero attached hydrogens (tertiary/aromatic N) is 2. The van der Waals surface area contributed by atoms with Crippen molar-refractivity contribution in [3.63, 3.8) is 0 Å². The second-order valence-corrected chi connectivity index (χ2v) is 5.44. The number of piperidine rings is 1. The number of hydrogen-bond acceptors (Lipinski definition) is 4. The van der Waals surface area contributed by atoms with Crippen molar-refractivity contribution in [1.82, 2.24) is 9.88 Å². The van der Waals surface area contributed by atoms with Gasteiger partial charge in [0.25, 0.3) is 5.91 Å². The molecule has 0 radical (unpaired) electrons. The first-order valence-electron chi connectivity index (χ1n) is 6.48. The standard InChI is InChI=1S/C13H19ClN4O/c1-8-4-3-7-18(9(8)2)13(19)12-10(14)5-6-11(16-12)17-15/h5-6,8-9H,3-4,7,15H2,1-2H3,(H,16,17). The molecule has 2 rings (SSSR count). The number of halogens is 1. The number of hydrazine groups is 1. The second kappa shape index (κ2) is 5.75. The highest BCUT2D eigenvalue weighted by molar-refractivity contribution is 6.33. The highest BCUT2D eigenvalue weighted by Crippen LogP contribution is 2.26. The molecule has 1 aromatic heterocycles. The van der Waals surface area contributed by atoms with Crippen LogP contribution < -0.4 is 11.3 Å². The number of likely N-dealkylation sites (tertiary alicyclic amines) is 1. The highest BCUT2D eigenvalue weighted by Gasteiger charge is 2.30. The Kier molecular flexibility index (Phi) is 4.27. The third-order valence-corrected chi connectivity index (χ3v) is 4.14. The van der Waals surface area contributed by atoms with Crippen molar-refractivity contribution >= 4 is 23.3 Å². The molecule has 1 aliphatic heterocycles. The summed E-state index contributed by atoms with van der Waals surface area (Å²) in [7, 11) is 0. The molecule has 0 aliphatic carbocycles. The number of carbonyl (C=O) groups excluding carboxylic acids is 1. The van der Waals surface area contributed by atoms with Gasteiger partial charge in [0.15, 0.2) is 0 Å². The van der Waals surface area contributed by atoms with Gasteiger partial charge in [-0.1, -0.05) is 18.5 Å². The van der Waals surface area contributed by atoms with Crippen LogP contribution in [0.25, 0.3) is 0 Å². The molecule has 0 aromatic carbocycles. The van der Waals surface area contributed by atoms with Crippen LogP contribution in [0.3, 0.4) is 0 Å². The average molecular weight is 283 g/mol. The van der Waals surface area contributed by atoms with Crippen molar-refractivity contribution < 1.29 is 4.79 Å². The van der Waals surface area contributed by atoms with Gasteiger partial charge in [0.2, 0.25) is 0 Å². The minimum Gasteiger partial charge on any atom is -0.334 e. The maximum Gasteiger partial charge on any atom is 0.274 e. The molecular weight excluding hydrogens is 264 g/mol. The maximum absolute atomic E-state index is 12.6. The normalized spacial score (nSPS) is 23.3. The predicted octanol–water partition coefficient (Wildman–Crippen LogP) is 2.28. The van der Waals surface area contributed by atoms with Crippen molar-refractivity contribution in [2.24, 2.45) is 11.8 Å². The SMILES string of the molecule is CC1CCCN(C(=O)c2nc(NN)ccc2Cl)C1C. The third kappa shape index (κ3) is 2.82. The van der Waals surface area contributed by atoms with Gasteiger partial charge in [-0.15, -0.1) is 0 Å². The average Bonchev–Trinajstić information content (AvgIpc) is 2.42. The van der Waals surface area contributed by atoms with Gasteiger partial charge in [-0.05, 0) is 37.8 Å². The molecular formula is C13H19ClN4O. The molecule has 2 heterocycles. The highest BCUT2D eigenvalue weighted by atomic mass is 35.5. The summed E-state index contributed by atoms with van der Waals surface area (Å²) in [6.45, 7) is 4.99. The molecule has 0 bridgehead atoms. The van der Waals surface area contributed by atoms with Crippen LogP contribution in [0.15, 0.2) is 12.1 Å². The quantitative estimate of drug-likeness (QED) is 0.645. The summed E-state index contributed by atoms with van der Waals surface area (Å²) >= 11 is 6.07. The zero-order valence-corrected chi connectivity index (χ0v) is 11.9. The van der Waals surface area contributed by atoms with Crippen molar-refractivity contribution in [3.8, 4) is 0 Å². The Morgan fingerprint density at radius 1 is 1.53 bits per heavy atom. The van der Waals surface area contributed by atoms with E-state index in [4.69, 9.17) is 17.4 Å². The second-order valence-electron chi connectivity index (χ2n) is 5.03. The number of amides is 1. The van der Waals surface area contributed by atoms with Crippen molar-refractivity contribution in [1.29, 1.82) is 0 Å². The Balaban J connectivity index is 2.28. The molecule has 5 nitrogen and oxygen atoms in total. The molecule has 2 unspecified atom stereocenters. The molecule has 1 amide bonds. The summed E-state index contributed by atoms with van der Waals surface area (Å²) in [6.07, 6.45) is 2.17. The number of pyridine rings is 1. The van der Waals surface area contributed by atoms with Gasteiger partial charge in [0, 0.05) is 12.6 Å². The summed E-state index contributed by atoms with van der Waals surface area (Å²) in [6, 6.07) is 3.48. The zero-order valence-electron chi connectivity index (χ0n) is 11.2. The topological polar surface area (TPSA) is 71.2 Å². The molecule has 19 heavy (non-hydrogen) atoms. The Labute approximate surface area is 118 Å². The van der Waals surface area contributed by atoms with E-state index in [1.54, 1.807) is 12.1 Å². The molecule has 0 saturated carbocycles. The summed E-state index contributed by atoms with van der Waals surface area (Å²) < 4.78 is 0. The van der Waals surface area contributed by atoms with Gasteiger partial charge in [-0.25, -0.2) is 10.8 Å². The van der Waals surface area contributed by atoms with Crippen LogP contribution in [0.2, 0.25) is 5.02 Å². The van der Waals surface area contributed by atoms with Gasteiger partial charge < -0.3 is 10.3 Å². The molecule has 2 atom stereocenters. The van der Waals surface area contributed by atoms with E-state index in [0.29, 0.717) is 16.8 Å². The first-order valence-corrected chi connectivity index (χ1v) is 6.86. The van der Waals surface area contributed by atoms with E-state index < -0.39 is 0 Å². The number of nitrogen functional groups attached to an aromatic ring is 1. The fourth-order valence-corrected chi connectivity index (χ4v) is 2.62. The van der Waals surface area contributed by atoms with Crippen LogP contribution in [0.4, 0.5) is 5.82 Å². The van der Waals surface area contributed by atoms with Gasteiger partial charge >= 0.3 is 0 Å². The van der Waals surface area contributed by atoms with Crippen LogP contribution in [0.5, 0.6) is 0 Å². The summed E-state index contributed by atoms with van der Waals surface area (Å²) in [4.78, 5) is 18.6. The molecule has 1 aromatic rings. The van der Waals surface area contributed by atoms with Crippen molar-refractivity contribution in [2.75, 3.05) is 12.0 Å². The van der Waals surface area contributed by atoms with Gasteiger partial charge in [-0.2, -0.15) is 0 Å². The zero-order chi connectivity index (χ0) is 14.0. The number of nitrogens with one attached hydrogen (secondary N) is 1. The van der Waals surface area contributed by atoms with Crippen molar-refractivity contribution in [2.45, 2.75) is 32.7 Å². The lowest BCUT2D eigenvalue weighted by Crippen LogP contribution is -2.46. The number of carbonyl (C=O) groups is 1. The van der Waals surface area contributed by atoms with E-state index in [1.165, 1.54) is 0 Å². The molecule has 6 heteroatoms. The van der Waals surface area contributed by atoms with Crippen LogP contribution in [-0.2, 0) is 0 Å². The van der Waals surface area contributed by atoms with Gasteiger partial charge in [0.1, 0.15) is 11.5 Å². The number of rotatable bonds is 2. The van der Waals surface area contributed by atoms with Crippen molar-refractivity contribution in [3.05, 3.63) is 22.8 Å². The summed E-state index contributed by atoms with van der Waals surface area (Å²) in [5.41, 5.74) is 2.69. The largest absolute Gasteiger partial charge is 0.334 e. The van der Waals surface area contributed by atoms with E-state index in [0.717, 1.165) is 19.4 Å². The lowest BCUT2D eigenvalue weighted by Gasteiger charge is -2.37. The lowest BCUT2D eigenvalue weighted by molar-refractivity contribution is 0.0545. The minimum absolute atomic E-state index is 0.124. The van der Waals surface area contributed by atoms with E-state index in [1.807, 2.05) is 4.90 Å². The van der Waals surface area contributed by atoms with E-state index in [2.05, 4.69) is 24.3 Å². The Morgan fingerprint density at radius 3 is 2.95 bits per heavy atom. The monoisotopic (exact) mass is 282 g/mol.